The maximum atomic E-state index is 13.0. The number of benzene rings is 2. The van der Waals surface area contributed by atoms with E-state index in [0.29, 0.717) is 34.1 Å². The van der Waals surface area contributed by atoms with E-state index >= 15 is 0 Å². The van der Waals surface area contributed by atoms with Gasteiger partial charge in [-0.3, -0.25) is 4.79 Å². The molecule has 38 heavy (non-hydrogen) atoms. The van der Waals surface area contributed by atoms with Crippen molar-refractivity contribution in [3.8, 4) is 5.75 Å². The number of phenolic OH excluding ortho intramolecular Hbond substituents is 1. The minimum Gasteiger partial charge on any atom is -0.507 e. The second kappa shape index (κ2) is 13.6. The Bertz CT molecular complexity index is 1180. The Hall–Kier alpha value is -3.19. The van der Waals surface area contributed by atoms with E-state index in [0.717, 1.165) is 0 Å². The number of aliphatic hydroxyl groups excluding tert-OH is 3. The zero-order valence-electron chi connectivity index (χ0n) is 21.5. The van der Waals surface area contributed by atoms with Gasteiger partial charge in [0.1, 0.15) is 30.7 Å². The van der Waals surface area contributed by atoms with Gasteiger partial charge >= 0.3 is 17.9 Å². The fourth-order valence-electron chi connectivity index (χ4n) is 3.23. The predicted octanol–water partition coefficient (Wildman–Crippen LogP) is 1.98. The van der Waals surface area contributed by atoms with Crippen molar-refractivity contribution in [1.82, 2.24) is 0 Å². The van der Waals surface area contributed by atoms with Crippen LogP contribution < -0.4 is 0 Å². The number of fused-ring (bicyclic) bond motifs is 1. The van der Waals surface area contributed by atoms with Crippen molar-refractivity contribution in [2.24, 2.45) is 0 Å². The molecule has 0 amide bonds. The molecule has 0 spiro atoms. The molecule has 2 aromatic carbocycles. The molecule has 4 N–H and O–H groups in total. The first kappa shape index (κ1) is 31.0. The van der Waals surface area contributed by atoms with Crippen molar-refractivity contribution >= 4 is 46.7 Å². The molecule has 0 heterocycles. The monoisotopic (exact) mass is 552 g/mol. The van der Waals surface area contributed by atoms with Gasteiger partial charge in [-0.15, -0.1) is 11.8 Å². The van der Waals surface area contributed by atoms with Gasteiger partial charge < -0.3 is 34.6 Å². The van der Waals surface area contributed by atoms with Crippen LogP contribution in [-0.4, -0.2) is 87.5 Å². The highest BCUT2D eigenvalue weighted by Crippen LogP contribution is 2.34. The van der Waals surface area contributed by atoms with Crippen molar-refractivity contribution in [3.63, 3.8) is 0 Å². The average molecular weight is 553 g/mol. The van der Waals surface area contributed by atoms with Crippen LogP contribution in [0.5, 0.6) is 5.75 Å². The molecule has 3 unspecified atom stereocenters. The molecule has 0 aliphatic carbocycles. The number of carbonyl (C=O) groups is 4. The lowest BCUT2D eigenvalue weighted by atomic mass is 9.99. The number of aromatic hydroxyl groups is 1. The number of phenols is 1. The summed E-state index contributed by atoms with van der Waals surface area (Å²) in [7, 11) is 0. The Kier molecular flexibility index (Phi) is 11.1. The third-order valence-corrected chi connectivity index (χ3v) is 6.58. The van der Waals surface area contributed by atoms with Crippen LogP contribution in [0.1, 0.15) is 54.8 Å². The first-order chi connectivity index (χ1) is 17.9. The zero-order valence-corrected chi connectivity index (χ0v) is 22.3. The fourth-order valence-corrected chi connectivity index (χ4v) is 4.04. The summed E-state index contributed by atoms with van der Waals surface area (Å²) in [5, 5.41) is 40.6. The van der Waals surface area contributed by atoms with Crippen LogP contribution in [0, 0.1) is 0 Å². The maximum Gasteiger partial charge on any atom is 0.340 e. The largest absolute Gasteiger partial charge is 0.507 e. The topological polar surface area (TPSA) is 177 Å². The number of thioether (sulfide) groups is 1. The van der Waals surface area contributed by atoms with Crippen LogP contribution in [0.25, 0.3) is 10.8 Å². The van der Waals surface area contributed by atoms with E-state index in [-0.39, 0.29) is 16.9 Å². The van der Waals surface area contributed by atoms with E-state index in [4.69, 9.17) is 14.2 Å². The highest BCUT2D eigenvalue weighted by atomic mass is 32.2. The van der Waals surface area contributed by atoms with E-state index in [1.165, 1.54) is 23.9 Å². The molecule has 0 fully saturated rings. The third-order valence-electron chi connectivity index (χ3n) is 5.64. The first-order valence-electron chi connectivity index (χ1n) is 11.8. The SMILES string of the molecule is CCSc1ccc2c(C=O)c(O)ccc2c1C(=O)OCC(O)COC(=O)C(O)C(O)C(=O)OC(C)(C)CC. The van der Waals surface area contributed by atoms with Crippen molar-refractivity contribution in [2.45, 2.75) is 62.9 Å². The fraction of sp³-hybridized carbons (Fsp3) is 0.462. The van der Waals surface area contributed by atoms with Gasteiger partial charge in [0.15, 0.2) is 18.5 Å². The minimum atomic E-state index is -2.25. The number of hydrogen-bond acceptors (Lipinski definition) is 12. The van der Waals surface area contributed by atoms with Crippen molar-refractivity contribution < 1.29 is 53.8 Å². The molecule has 2 aromatic rings. The molecule has 0 aliphatic heterocycles. The van der Waals surface area contributed by atoms with Gasteiger partial charge in [0, 0.05) is 4.90 Å². The van der Waals surface area contributed by atoms with Crippen LogP contribution >= 0.6 is 11.8 Å². The lowest BCUT2D eigenvalue weighted by Crippen LogP contribution is -2.44. The highest BCUT2D eigenvalue weighted by molar-refractivity contribution is 7.99. The maximum absolute atomic E-state index is 13.0. The third kappa shape index (κ3) is 7.67. The van der Waals surface area contributed by atoms with Crippen LogP contribution in [0.4, 0.5) is 0 Å². The van der Waals surface area contributed by atoms with Crippen molar-refractivity contribution in [2.75, 3.05) is 19.0 Å². The molecule has 3 atom stereocenters. The van der Waals surface area contributed by atoms with E-state index in [2.05, 4.69) is 0 Å². The molecule has 2 rings (SSSR count). The van der Waals surface area contributed by atoms with Crippen LogP contribution in [-0.2, 0) is 23.8 Å². The second-order valence-electron chi connectivity index (χ2n) is 8.89. The lowest BCUT2D eigenvalue weighted by Gasteiger charge is -2.26. The van der Waals surface area contributed by atoms with Crippen molar-refractivity contribution in [3.05, 3.63) is 35.4 Å². The molecule has 11 nitrogen and oxygen atoms in total. The molecule has 208 valence electrons. The molecule has 0 saturated heterocycles. The quantitative estimate of drug-likeness (QED) is 0.123. The Labute approximate surface area is 223 Å². The van der Waals surface area contributed by atoms with E-state index in [9.17, 15) is 39.6 Å². The summed E-state index contributed by atoms with van der Waals surface area (Å²) in [6.45, 7) is 5.50. The molecule has 12 heteroatoms. The van der Waals surface area contributed by atoms with Crippen LogP contribution in [0.2, 0.25) is 0 Å². The van der Waals surface area contributed by atoms with E-state index < -0.39 is 55.0 Å². The summed E-state index contributed by atoms with van der Waals surface area (Å²) >= 11 is 1.35. The smallest absolute Gasteiger partial charge is 0.340 e. The highest BCUT2D eigenvalue weighted by Gasteiger charge is 2.36. The number of rotatable bonds is 13. The summed E-state index contributed by atoms with van der Waals surface area (Å²) in [5.74, 6) is -3.03. The Balaban J connectivity index is 2.04. The molecular weight excluding hydrogens is 520 g/mol. The number of ether oxygens (including phenoxy) is 3. The van der Waals surface area contributed by atoms with E-state index in [1.807, 2.05) is 6.92 Å². The first-order valence-corrected chi connectivity index (χ1v) is 12.8. The normalized spacial score (nSPS) is 13.9. The van der Waals surface area contributed by atoms with Gasteiger partial charge in [0.05, 0.1) is 11.1 Å². The van der Waals surface area contributed by atoms with Gasteiger partial charge in [-0.25, -0.2) is 14.4 Å². The summed E-state index contributed by atoms with van der Waals surface area (Å²) in [4.78, 5) is 49.0. The van der Waals surface area contributed by atoms with Gasteiger partial charge in [0.2, 0.25) is 0 Å². The number of aliphatic hydroxyl groups is 3. The molecular formula is C26H32O11S. The van der Waals surface area contributed by atoms with Gasteiger partial charge in [-0.2, -0.15) is 0 Å². The number of carbonyl (C=O) groups excluding carboxylic acids is 4. The number of esters is 3. The number of aldehydes is 1. The Morgan fingerprint density at radius 3 is 2.16 bits per heavy atom. The van der Waals surface area contributed by atoms with Gasteiger partial charge in [0.25, 0.3) is 0 Å². The molecule has 0 saturated carbocycles. The molecule has 0 radical (unpaired) electrons. The standard InChI is InChI=1S/C26H32O11S/c1-5-26(3,4)37-25(34)22(31)21(30)24(33)36-13-14(28)12-35-23(32)20-16-7-9-18(29)17(11-27)15(16)8-10-19(20)38-6-2/h7-11,14,21-22,28-31H,5-6,12-13H2,1-4H3. The second-order valence-corrected chi connectivity index (χ2v) is 10.2. The van der Waals surface area contributed by atoms with Crippen LogP contribution in [0.15, 0.2) is 29.2 Å². The van der Waals surface area contributed by atoms with Crippen molar-refractivity contribution in [1.29, 1.82) is 0 Å². The summed E-state index contributed by atoms with van der Waals surface area (Å²) in [6, 6.07) is 6.00. The van der Waals surface area contributed by atoms with Gasteiger partial charge in [-0.05, 0) is 55.0 Å². The average Bonchev–Trinajstić information content (AvgIpc) is 2.89. The molecule has 0 aliphatic rings. The van der Waals surface area contributed by atoms with E-state index in [1.54, 1.807) is 32.9 Å². The molecule has 0 aromatic heterocycles. The van der Waals surface area contributed by atoms with Gasteiger partial charge in [-0.1, -0.05) is 19.9 Å². The lowest BCUT2D eigenvalue weighted by molar-refractivity contribution is -0.182. The minimum absolute atomic E-state index is 0.0134. The predicted molar refractivity (Wildman–Crippen MR) is 137 cm³/mol. The summed E-state index contributed by atoms with van der Waals surface area (Å²) < 4.78 is 15.0. The Morgan fingerprint density at radius 2 is 1.55 bits per heavy atom. The Morgan fingerprint density at radius 1 is 0.947 bits per heavy atom. The summed E-state index contributed by atoms with van der Waals surface area (Å²) in [6.07, 6.45) is -5.04. The summed E-state index contributed by atoms with van der Waals surface area (Å²) in [5.41, 5.74) is -0.774. The molecule has 0 bridgehead atoms. The van der Waals surface area contributed by atoms with Crippen LogP contribution in [0.3, 0.4) is 0 Å². The number of hydrogen-bond donors (Lipinski definition) is 4. The zero-order chi connectivity index (χ0) is 28.6.